The molecule has 1 N–H and O–H groups in total. The van der Waals surface area contributed by atoms with Crippen molar-refractivity contribution in [3.05, 3.63) is 106 Å². The maximum Gasteiger partial charge on any atom is 0.338 e. The quantitative estimate of drug-likeness (QED) is 0.243. The monoisotopic (exact) mass is 693 g/mol. The number of methoxy groups -OCH3 is 1. The zero-order valence-electron chi connectivity index (χ0n) is 25.6. The summed E-state index contributed by atoms with van der Waals surface area (Å²) in [5.41, 5.74) is 4.63. The molecule has 45 heavy (non-hydrogen) atoms. The van der Waals surface area contributed by atoms with Crippen LogP contribution in [0.3, 0.4) is 0 Å². The Bertz CT molecular complexity index is 2040. The molecule has 0 saturated carbocycles. The Hall–Kier alpha value is -4.42. The van der Waals surface area contributed by atoms with Gasteiger partial charge < -0.3 is 23.9 Å². The number of hydrogen-bond acceptors (Lipinski definition) is 8. The number of aryl methyl sites for hydroxylation is 1. The predicted molar refractivity (Wildman–Crippen MR) is 174 cm³/mol. The van der Waals surface area contributed by atoms with Crippen molar-refractivity contribution in [1.29, 1.82) is 0 Å². The van der Waals surface area contributed by atoms with Crippen molar-refractivity contribution in [2.75, 3.05) is 20.3 Å². The summed E-state index contributed by atoms with van der Waals surface area (Å²) in [4.78, 5) is 44.0. The molecule has 0 spiro atoms. The van der Waals surface area contributed by atoms with Crippen LogP contribution in [0.1, 0.15) is 59.7 Å². The second kappa shape index (κ2) is 12.9. The van der Waals surface area contributed by atoms with E-state index in [4.69, 9.17) is 14.2 Å². The number of aromatic nitrogens is 2. The Kier molecular flexibility index (Phi) is 9.17. The number of benzene rings is 2. The summed E-state index contributed by atoms with van der Waals surface area (Å²) in [5, 5.41) is 9.28. The molecule has 0 fully saturated rings. The lowest BCUT2D eigenvalue weighted by Crippen LogP contribution is -2.40. The molecule has 0 amide bonds. The topological polar surface area (TPSA) is 121 Å². The van der Waals surface area contributed by atoms with Crippen molar-refractivity contribution in [2.45, 2.75) is 40.7 Å². The van der Waals surface area contributed by atoms with E-state index in [2.05, 4.69) is 20.9 Å². The molecule has 10 nitrogen and oxygen atoms in total. The predicted octanol–water partition coefficient (Wildman–Crippen LogP) is 5.07. The molecular weight excluding hydrogens is 662 g/mol. The molecule has 4 aromatic rings. The van der Waals surface area contributed by atoms with Gasteiger partial charge in [0.05, 0.1) is 47.7 Å². The Morgan fingerprint density at radius 1 is 1.07 bits per heavy atom. The van der Waals surface area contributed by atoms with Gasteiger partial charge in [-0.3, -0.25) is 9.36 Å². The fourth-order valence-corrected chi connectivity index (χ4v) is 7.08. The Morgan fingerprint density at radius 3 is 2.40 bits per heavy atom. The molecule has 0 radical (unpaired) electrons. The van der Waals surface area contributed by atoms with Gasteiger partial charge in [0.2, 0.25) is 0 Å². The number of allylic oxidation sites excluding steroid dienone is 1. The number of thiazole rings is 1. The highest BCUT2D eigenvalue weighted by Crippen LogP contribution is 2.41. The third-order valence-electron chi connectivity index (χ3n) is 7.52. The summed E-state index contributed by atoms with van der Waals surface area (Å²) < 4.78 is 21.4. The highest BCUT2D eigenvalue weighted by molar-refractivity contribution is 9.10. The van der Waals surface area contributed by atoms with Crippen LogP contribution in [0.15, 0.2) is 68.0 Å². The fourth-order valence-electron chi connectivity index (χ4n) is 5.50. The maximum atomic E-state index is 14.2. The third-order valence-corrected chi connectivity index (χ3v) is 9.19. The zero-order valence-corrected chi connectivity index (χ0v) is 28.0. The number of rotatable bonds is 9. The highest BCUT2D eigenvalue weighted by atomic mass is 79.9. The molecule has 1 aliphatic heterocycles. The largest absolute Gasteiger partial charge is 0.493 e. The first-order valence-corrected chi connectivity index (χ1v) is 15.8. The molecule has 0 unspecified atom stereocenters. The fraction of sp³-hybridized carbons (Fsp3) is 0.273. The minimum atomic E-state index is -0.992. The first-order chi connectivity index (χ1) is 21.5. The number of nitrogens with zero attached hydrogens (tertiary/aromatic N) is 3. The zero-order chi connectivity index (χ0) is 32.6. The van der Waals surface area contributed by atoms with E-state index in [0.717, 1.165) is 22.6 Å². The van der Waals surface area contributed by atoms with E-state index < -0.39 is 18.0 Å². The minimum Gasteiger partial charge on any atom is -0.493 e. The first-order valence-electron chi connectivity index (χ1n) is 14.2. The maximum absolute atomic E-state index is 14.2. The summed E-state index contributed by atoms with van der Waals surface area (Å²) in [6, 6.07) is 11.3. The number of esters is 1. The third kappa shape index (κ3) is 5.87. The number of ether oxygens (including phenoxy) is 3. The average molecular weight is 695 g/mol. The van der Waals surface area contributed by atoms with Gasteiger partial charge in [-0.2, -0.15) is 0 Å². The number of carbonyl (C=O) groups is 2. The number of aromatic carboxylic acids is 1. The van der Waals surface area contributed by atoms with E-state index in [1.54, 1.807) is 50.2 Å². The lowest BCUT2D eigenvalue weighted by Gasteiger charge is -2.26. The van der Waals surface area contributed by atoms with Crippen molar-refractivity contribution >= 4 is 45.3 Å². The normalized spacial score (nSPS) is 14.6. The molecule has 234 valence electrons. The van der Waals surface area contributed by atoms with Crippen molar-refractivity contribution in [1.82, 2.24) is 9.13 Å². The molecule has 0 bridgehead atoms. The SMILES string of the molecule is CCOC(=O)C1=C(C)N=c2s/c(=C/c3cc(C)n(-c4ccc(C(=O)O)cc4)c3C)c(=O)n2[C@@H]1c1cc(OC)c(OCC)cc1Br. The smallest absolute Gasteiger partial charge is 0.338 e. The van der Waals surface area contributed by atoms with Crippen LogP contribution in [0, 0.1) is 13.8 Å². The van der Waals surface area contributed by atoms with Crippen LogP contribution in [0.25, 0.3) is 11.8 Å². The summed E-state index contributed by atoms with van der Waals surface area (Å²) in [5.74, 6) is -0.572. The summed E-state index contributed by atoms with van der Waals surface area (Å²) >= 11 is 4.88. The second-order valence-electron chi connectivity index (χ2n) is 10.3. The van der Waals surface area contributed by atoms with Crippen LogP contribution in [0.2, 0.25) is 0 Å². The number of carboxylic acids is 1. The van der Waals surface area contributed by atoms with Crippen LogP contribution in [0.4, 0.5) is 0 Å². The van der Waals surface area contributed by atoms with Gasteiger partial charge in [0.15, 0.2) is 16.3 Å². The van der Waals surface area contributed by atoms with Gasteiger partial charge in [0.1, 0.15) is 0 Å². The molecule has 0 saturated heterocycles. The van der Waals surface area contributed by atoms with Crippen LogP contribution in [-0.4, -0.2) is 46.5 Å². The molecule has 0 aliphatic carbocycles. The van der Waals surface area contributed by atoms with Crippen molar-refractivity contribution in [3.63, 3.8) is 0 Å². The van der Waals surface area contributed by atoms with E-state index in [1.165, 1.54) is 23.0 Å². The molecule has 1 atom stereocenters. The highest BCUT2D eigenvalue weighted by Gasteiger charge is 2.35. The number of carbonyl (C=O) groups excluding carboxylic acids is 1. The molecule has 5 rings (SSSR count). The molecule has 2 aromatic heterocycles. The van der Waals surface area contributed by atoms with E-state index in [0.29, 0.717) is 43.2 Å². The second-order valence-corrected chi connectivity index (χ2v) is 12.1. The van der Waals surface area contributed by atoms with Gasteiger partial charge in [-0.25, -0.2) is 14.6 Å². The van der Waals surface area contributed by atoms with Gasteiger partial charge in [0, 0.05) is 21.5 Å². The summed E-state index contributed by atoms with van der Waals surface area (Å²) in [6.07, 6.45) is 1.82. The average Bonchev–Trinajstić information content (AvgIpc) is 3.46. The molecule has 1 aliphatic rings. The van der Waals surface area contributed by atoms with E-state index >= 15 is 0 Å². The van der Waals surface area contributed by atoms with E-state index in [1.807, 2.05) is 37.5 Å². The number of halogens is 1. The van der Waals surface area contributed by atoms with Crippen LogP contribution < -0.4 is 24.4 Å². The molecular formula is C33H32BrN3O7S. The Balaban J connectivity index is 1.70. The molecule has 12 heteroatoms. The van der Waals surface area contributed by atoms with E-state index in [-0.39, 0.29) is 23.3 Å². The Labute approximate surface area is 271 Å². The van der Waals surface area contributed by atoms with Crippen LogP contribution in [0.5, 0.6) is 11.5 Å². The first kappa shape index (κ1) is 32.0. The van der Waals surface area contributed by atoms with Gasteiger partial charge in [-0.05, 0) is 94.3 Å². The standard InChI is InChI=1S/C33H32BrN3O7S/c1-7-43-26-16-24(34)23(15-25(26)42-6)29-28(32(41)44-8-2)18(4)35-33-37(29)30(38)27(45-33)14-21-13-17(3)36(19(21)5)22-11-9-20(10-12-22)31(39)40/h9-16,29H,7-8H2,1-6H3,(H,39,40)/b27-14+/t29-/m1/s1. The number of carboxylic acid groups (broad SMARTS) is 1. The van der Waals surface area contributed by atoms with Crippen molar-refractivity contribution in [3.8, 4) is 17.2 Å². The minimum absolute atomic E-state index is 0.162. The van der Waals surface area contributed by atoms with Crippen molar-refractivity contribution in [2.24, 2.45) is 4.99 Å². The van der Waals surface area contributed by atoms with Crippen LogP contribution >= 0.6 is 27.3 Å². The summed E-state index contributed by atoms with van der Waals surface area (Å²) in [7, 11) is 1.53. The van der Waals surface area contributed by atoms with E-state index in [9.17, 15) is 19.5 Å². The van der Waals surface area contributed by atoms with Crippen LogP contribution in [-0.2, 0) is 9.53 Å². The lowest BCUT2D eigenvalue weighted by atomic mass is 9.95. The number of fused-ring (bicyclic) bond motifs is 1. The van der Waals surface area contributed by atoms with Gasteiger partial charge in [-0.15, -0.1) is 0 Å². The molecule has 3 heterocycles. The van der Waals surface area contributed by atoms with Gasteiger partial charge in [0.25, 0.3) is 5.56 Å². The van der Waals surface area contributed by atoms with Gasteiger partial charge >= 0.3 is 11.9 Å². The number of hydrogen-bond donors (Lipinski definition) is 1. The summed E-state index contributed by atoms with van der Waals surface area (Å²) in [6.45, 7) is 9.81. The Morgan fingerprint density at radius 2 is 1.78 bits per heavy atom. The lowest BCUT2D eigenvalue weighted by molar-refractivity contribution is -0.139. The molecule has 2 aromatic carbocycles. The van der Waals surface area contributed by atoms with Gasteiger partial charge in [-0.1, -0.05) is 27.3 Å². The van der Waals surface area contributed by atoms with Crippen molar-refractivity contribution < 1.29 is 28.9 Å².